The summed E-state index contributed by atoms with van der Waals surface area (Å²) in [7, 11) is 1.29. The molecule has 1 heterocycles. The van der Waals surface area contributed by atoms with Crippen LogP contribution in [0.15, 0.2) is 16.2 Å². The van der Waals surface area contributed by atoms with E-state index in [2.05, 4.69) is 4.74 Å². The van der Waals surface area contributed by atoms with Crippen molar-refractivity contribution in [3.63, 3.8) is 0 Å². The van der Waals surface area contributed by atoms with Crippen LogP contribution in [0.4, 0.5) is 0 Å². The molecule has 4 nitrogen and oxygen atoms in total. The SMILES string of the molecule is COC(=O)Cn1sccc1=O.Cl. The van der Waals surface area contributed by atoms with Crippen molar-refractivity contribution in [3.05, 3.63) is 21.8 Å². The predicted octanol–water partition coefficient (Wildman–Crippen LogP) is 0.505. The van der Waals surface area contributed by atoms with Gasteiger partial charge >= 0.3 is 5.97 Å². The van der Waals surface area contributed by atoms with Crippen molar-refractivity contribution in [2.24, 2.45) is 0 Å². The zero-order valence-electron chi connectivity index (χ0n) is 6.35. The van der Waals surface area contributed by atoms with Crippen molar-refractivity contribution < 1.29 is 9.53 Å². The molecule has 0 aliphatic heterocycles. The number of hydrogen-bond donors (Lipinski definition) is 0. The summed E-state index contributed by atoms with van der Waals surface area (Å²) in [4.78, 5) is 21.5. The molecule has 12 heavy (non-hydrogen) atoms. The van der Waals surface area contributed by atoms with E-state index in [-0.39, 0.29) is 24.5 Å². The molecular weight excluding hydrogens is 202 g/mol. The summed E-state index contributed by atoms with van der Waals surface area (Å²) in [5, 5.41) is 1.63. The van der Waals surface area contributed by atoms with E-state index < -0.39 is 5.97 Å². The van der Waals surface area contributed by atoms with Gasteiger partial charge in [-0.15, -0.1) is 12.4 Å². The monoisotopic (exact) mass is 209 g/mol. The third-order valence-electron chi connectivity index (χ3n) is 1.14. The molecule has 0 aliphatic carbocycles. The molecule has 0 amide bonds. The van der Waals surface area contributed by atoms with E-state index in [1.165, 1.54) is 28.7 Å². The lowest BCUT2D eigenvalue weighted by molar-refractivity contribution is -0.141. The van der Waals surface area contributed by atoms with Crippen molar-refractivity contribution in [1.82, 2.24) is 3.96 Å². The van der Waals surface area contributed by atoms with E-state index in [0.29, 0.717) is 0 Å². The maximum absolute atomic E-state index is 10.8. The van der Waals surface area contributed by atoms with Crippen LogP contribution in [0.2, 0.25) is 0 Å². The summed E-state index contributed by atoms with van der Waals surface area (Å²) in [5.74, 6) is -0.408. The number of hydrogen-bond acceptors (Lipinski definition) is 4. The quantitative estimate of drug-likeness (QED) is 0.667. The van der Waals surface area contributed by atoms with Crippen LogP contribution in [0.3, 0.4) is 0 Å². The van der Waals surface area contributed by atoms with Gasteiger partial charge < -0.3 is 4.74 Å². The minimum atomic E-state index is -0.408. The molecule has 0 saturated heterocycles. The van der Waals surface area contributed by atoms with Gasteiger partial charge in [-0.1, -0.05) is 11.5 Å². The number of aromatic nitrogens is 1. The molecule has 1 rings (SSSR count). The van der Waals surface area contributed by atoms with Crippen molar-refractivity contribution in [1.29, 1.82) is 0 Å². The molecule has 0 unspecified atom stereocenters. The third-order valence-corrected chi connectivity index (χ3v) is 1.97. The molecular formula is C6H8ClNO3S. The largest absolute Gasteiger partial charge is 0.468 e. The van der Waals surface area contributed by atoms with E-state index in [9.17, 15) is 9.59 Å². The average molecular weight is 210 g/mol. The van der Waals surface area contributed by atoms with Gasteiger partial charge in [0.1, 0.15) is 6.54 Å². The Balaban J connectivity index is 0.00000121. The molecule has 0 radical (unpaired) electrons. The lowest BCUT2D eigenvalue weighted by atomic mass is 10.6. The van der Waals surface area contributed by atoms with Crippen molar-refractivity contribution >= 4 is 29.9 Å². The van der Waals surface area contributed by atoms with Gasteiger partial charge in [-0.2, -0.15) is 0 Å². The van der Waals surface area contributed by atoms with Crippen LogP contribution in [-0.2, 0) is 16.1 Å². The summed E-state index contributed by atoms with van der Waals surface area (Å²) in [6.07, 6.45) is 0. The first-order chi connectivity index (χ1) is 5.24. The second-order valence-corrected chi connectivity index (χ2v) is 2.78. The first-order valence-electron chi connectivity index (χ1n) is 2.95. The van der Waals surface area contributed by atoms with Crippen LogP contribution in [0.25, 0.3) is 0 Å². The maximum atomic E-state index is 10.8. The van der Waals surface area contributed by atoms with Gasteiger partial charge in [0.25, 0.3) is 5.56 Å². The van der Waals surface area contributed by atoms with E-state index in [4.69, 9.17) is 0 Å². The van der Waals surface area contributed by atoms with Gasteiger partial charge in [0.05, 0.1) is 7.11 Å². The lowest BCUT2D eigenvalue weighted by Gasteiger charge is -1.96. The number of carbonyl (C=O) groups is 1. The average Bonchev–Trinajstić information content (AvgIpc) is 2.37. The Morgan fingerprint density at radius 2 is 2.42 bits per heavy atom. The standard InChI is InChI=1S/C6H7NO3S.ClH/c1-10-6(9)4-7-5(8)2-3-11-7;/h2-3H,4H2,1H3;1H. The highest BCUT2D eigenvalue weighted by Crippen LogP contribution is 1.92. The highest BCUT2D eigenvalue weighted by molar-refractivity contribution is 7.04. The van der Waals surface area contributed by atoms with E-state index >= 15 is 0 Å². The molecule has 0 aliphatic rings. The second-order valence-electron chi connectivity index (χ2n) is 1.86. The van der Waals surface area contributed by atoms with E-state index in [1.54, 1.807) is 5.38 Å². The molecule has 0 N–H and O–H groups in total. The molecule has 68 valence electrons. The fourth-order valence-electron chi connectivity index (χ4n) is 0.594. The topological polar surface area (TPSA) is 48.3 Å². The molecule has 0 bridgehead atoms. The van der Waals surface area contributed by atoms with Gasteiger partial charge in [0, 0.05) is 11.4 Å². The number of carbonyl (C=O) groups excluding carboxylic acids is 1. The zero-order chi connectivity index (χ0) is 8.27. The first kappa shape index (κ1) is 11.2. The van der Waals surface area contributed by atoms with Gasteiger partial charge in [-0.05, 0) is 0 Å². The summed E-state index contributed by atoms with van der Waals surface area (Å²) in [6.45, 7) is 0.00694. The minimum Gasteiger partial charge on any atom is -0.468 e. The molecule has 1 aromatic heterocycles. The van der Waals surface area contributed by atoms with Crippen molar-refractivity contribution in [2.75, 3.05) is 7.11 Å². The molecule has 0 spiro atoms. The maximum Gasteiger partial charge on any atom is 0.326 e. The fourth-order valence-corrected chi connectivity index (χ4v) is 1.26. The van der Waals surface area contributed by atoms with Gasteiger partial charge in [0.2, 0.25) is 0 Å². The third kappa shape index (κ3) is 2.67. The second kappa shape index (κ2) is 4.95. The Morgan fingerprint density at radius 1 is 1.75 bits per heavy atom. The summed E-state index contributed by atoms with van der Waals surface area (Å²) in [5.41, 5.74) is -0.166. The number of esters is 1. The summed E-state index contributed by atoms with van der Waals surface area (Å²) >= 11 is 1.20. The molecule has 0 fully saturated rings. The molecule has 0 aromatic carbocycles. The van der Waals surface area contributed by atoms with Gasteiger partial charge in [-0.3, -0.25) is 13.5 Å². The summed E-state index contributed by atoms with van der Waals surface area (Å²) < 4.78 is 5.71. The Bertz CT molecular complexity index is 306. The smallest absolute Gasteiger partial charge is 0.326 e. The Kier molecular flexibility index (Phi) is 4.61. The molecule has 0 saturated carbocycles. The number of ether oxygens (including phenoxy) is 1. The van der Waals surface area contributed by atoms with E-state index in [0.717, 1.165) is 0 Å². The van der Waals surface area contributed by atoms with Crippen LogP contribution in [0.5, 0.6) is 0 Å². The molecule has 6 heteroatoms. The van der Waals surface area contributed by atoms with Gasteiger partial charge in [-0.25, -0.2) is 0 Å². The van der Waals surface area contributed by atoms with Gasteiger partial charge in [0.15, 0.2) is 0 Å². The van der Waals surface area contributed by atoms with Crippen LogP contribution in [0.1, 0.15) is 0 Å². The number of methoxy groups -OCH3 is 1. The van der Waals surface area contributed by atoms with Crippen LogP contribution >= 0.6 is 23.9 Å². The fraction of sp³-hybridized carbons (Fsp3) is 0.333. The van der Waals surface area contributed by atoms with Crippen molar-refractivity contribution in [3.8, 4) is 0 Å². The van der Waals surface area contributed by atoms with Crippen LogP contribution in [-0.4, -0.2) is 17.0 Å². The van der Waals surface area contributed by atoms with Crippen LogP contribution in [0, 0.1) is 0 Å². The van der Waals surface area contributed by atoms with E-state index in [1.807, 2.05) is 0 Å². The Hall–Kier alpha value is -0.810. The van der Waals surface area contributed by atoms with Crippen LogP contribution < -0.4 is 5.56 Å². The normalized spacial score (nSPS) is 8.75. The highest BCUT2D eigenvalue weighted by atomic mass is 35.5. The number of rotatable bonds is 2. The zero-order valence-corrected chi connectivity index (χ0v) is 7.98. The Labute approximate surface area is 79.3 Å². The minimum absolute atomic E-state index is 0. The number of nitrogens with zero attached hydrogens (tertiary/aromatic N) is 1. The Morgan fingerprint density at radius 3 is 2.83 bits per heavy atom. The number of halogens is 1. The predicted molar refractivity (Wildman–Crippen MR) is 47.8 cm³/mol. The molecule has 0 atom stereocenters. The molecule has 1 aromatic rings. The summed E-state index contributed by atoms with van der Waals surface area (Å²) in [6, 6.07) is 1.41. The highest BCUT2D eigenvalue weighted by Gasteiger charge is 2.03. The van der Waals surface area contributed by atoms with Crippen molar-refractivity contribution in [2.45, 2.75) is 6.54 Å². The first-order valence-corrected chi connectivity index (χ1v) is 3.79. The lowest BCUT2D eigenvalue weighted by Crippen LogP contribution is -2.18.